The van der Waals surface area contributed by atoms with Gasteiger partial charge in [0.25, 0.3) is 0 Å². The Morgan fingerprint density at radius 1 is 1.31 bits per heavy atom. The number of aromatic nitrogens is 1. The summed E-state index contributed by atoms with van der Waals surface area (Å²) in [5.74, 6) is 0.0292. The lowest BCUT2D eigenvalue weighted by atomic mass is 10.1. The van der Waals surface area contributed by atoms with Crippen molar-refractivity contribution in [2.45, 2.75) is 6.42 Å². The minimum Gasteiger partial charge on any atom is -0.298 e. The Kier molecular flexibility index (Phi) is 3.56. The summed E-state index contributed by atoms with van der Waals surface area (Å²) in [6.45, 7) is 0. The number of hydrogen-bond acceptors (Lipinski definition) is 2. The van der Waals surface area contributed by atoms with Gasteiger partial charge in [0.05, 0.1) is 5.88 Å². The molecule has 1 aromatic carbocycles. The number of halogens is 2. The van der Waals surface area contributed by atoms with Gasteiger partial charge in [0, 0.05) is 28.2 Å². The maximum absolute atomic E-state index is 11.2. The van der Waals surface area contributed by atoms with E-state index in [0.29, 0.717) is 6.42 Å². The number of ketones is 1. The first-order valence-electron chi connectivity index (χ1n) is 4.81. The van der Waals surface area contributed by atoms with E-state index in [1.807, 2.05) is 24.3 Å². The first-order chi connectivity index (χ1) is 7.69. The van der Waals surface area contributed by atoms with Gasteiger partial charge in [-0.1, -0.05) is 22.0 Å². The van der Waals surface area contributed by atoms with Crippen LogP contribution in [0.4, 0.5) is 0 Å². The molecule has 0 aliphatic rings. The lowest BCUT2D eigenvalue weighted by Crippen LogP contribution is -2.05. The van der Waals surface area contributed by atoms with E-state index in [1.165, 1.54) is 0 Å². The highest BCUT2D eigenvalue weighted by Crippen LogP contribution is 2.19. The van der Waals surface area contributed by atoms with Gasteiger partial charge in [-0.3, -0.25) is 9.78 Å². The summed E-state index contributed by atoms with van der Waals surface area (Å²) in [6, 6.07) is 7.88. The van der Waals surface area contributed by atoms with Crippen LogP contribution in [0.15, 0.2) is 34.9 Å². The quantitative estimate of drug-likeness (QED) is 0.813. The third kappa shape index (κ3) is 2.60. The number of carbonyl (C=O) groups excluding carboxylic acids is 1. The van der Waals surface area contributed by atoms with Crippen molar-refractivity contribution >= 4 is 44.1 Å². The first kappa shape index (κ1) is 11.6. The average Bonchev–Trinajstić information content (AvgIpc) is 2.28. The van der Waals surface area contributed by atoms with Gasteiger partial charge in [-0.25, -0.2) is 0 Å². The van der Waals surface area contributed by atoms with Gasteiger partial charge in [-0.2, -0.15) is 0 Å². The molecule has 16 heavy (non-hydrogen) atoms. The number of fused-ring (bicyclic) bond motifs is 1. The van der Waals surface area contributed by atoms with Gasteiger partial charge >= 0.3 is 0 Å². The third-order valence-electron chi connectivity index (χ3n) is 2.27. The van der Waals surface area contributed by atoms with Crippen LogP contribution >= 0.6 is 27.5 Å². The zero-order valence-electron chi connectivity index (χ0n) is 8.41. The number of alkyl halides is 1. The molecule has 0 aliphatic carbocycles. The van der Waals surface area contributed by atoms with E-state index in [1.54, 1.807) is 6.20 Å². The molecule has 1 aromatic heterocycles. The number of pyridine rings is 1. The van der Waals surface area contributed by atoms with Crippen molar-refractivity contribution < 1.29 is 4.79 Å². The molecule has 0 atom stereocenters. The van der Waals surface area contributed by atoms with E-state index in [0.717, 1.165) is 20.9 Å². The molecular weight excluding hydrogens is 289 g/mol. The molecule has 2 nitrogen and oxygen atoms in total. The topological polar surface area (TPSA) is 30.0 Å². The molecule has 82 valence electrons. The highest BCUT2D eigenvalue weighted by atomic mass is 79.9. The van der Waals surface area contributed by atoms with Crippen LogP contribution in [-0.2, 0) is 11.2 Å². The monoisotopic (exact) mass is 297 g/mol. The summed E-state index contributed by atoms with van der Waals surface area (Å²) in [7, 11) is 0. The summed E-state index contributed by atoms with van der Waals surface area (Å²) in [6.07, 6.45) is 2.07. The van der Waals surface area contributed by atoms with Gasteiger partial charge in [0.2, 0.25) is 0 Å². The zero-order chi connectivity index (χ0) is 11.5. The summed E-state index contributed by atoms with van der Waals surface area (Å²) in [5, 5.41) is 2.13. The molecule has 1 heterocycles. The van der Waals surface area contributed by atoms with Crippen LogP contribution in [0.5, 0.6) is 0 Å². The van der Waals surface area contributed by atoms with Crippen LogP contribution in [0.3, 0.4) is 0 Å². The fraction of sp³-hybridized carbons (Fsp3) is 0.167. The molecule has 0 saturated heterocycles. The standard InChI is InChI=1S/C12H9BrClNO/c13-10-2-1-8-7-15-11(4-9(8)3-10)5-12(16)6-14/h1-4,7H,5-6H2. The fourth-order valence-corrected chi connectivity index (χ4v) is 1.98. The van der Waals surface area contributed by atoms with E-state index in [2.05, 4.69) is 20.9 Å². The SMILES string of the molecule is O=C(CCl)Cc1cc2cc(Br)ccc2cn1. The molecule has 2 aromatic rings. The molecular formula is C12H9BrClNO. The van der Waals surface area contributed by atoms with Crippen molar-refractivity contribution in [3.05, 3.63) is 40.6 Å². The molecule has 2 rings (SSSR count). The molecule has 0 bridgehead atoms. The molecule has 0 aliphatic heterocycles. The van der Waals surface area contributed by atoms with Crippen molar-refractivity contribution in [1.82, 2.24) is 4.98 Å². The van der Waals surface area contributed by atoms with Crippen molar-refractivity contribution in [3.8, 4) is 0 Å². The maximum atomic E-state index is 11.2. The van der Waals surface area contributed by atoms with Crippen LogP contribution in [0.25, 0.3) is 10.8 Å². The summed E-state index contributed by atoms with van der Waals surface area (Å²) in [4.78, 5) is 15.4. The second-order valence-corrected chi connectivity index (χ2v) is 4.70. The minimum atomic E-state index is -0.0106. The number of benzene rings is 1. The fourth-order valence-electron chi connectivity index (χ4n) is 1.50. The van der Waals surface area contributed by atoms with E-state index in [-0.39, 0.29) is 11.7 Å². The number of carbonyl (C=O) groups is 1. The maximum Gasteiger partial charge on any atom is 0.153 e. The Morgan fingerprint density at radius 3 is 2.88 bits per heavy atom. The van der Waals surface area contributed by atoms with Crippen molar-refractivity contribution in [2.24, 2.45) is 0 Å². The molecule has 0 spiro atoms. The second-order valence-electron chi connectivity index (χ2n) is 3.52. The highest BCUT2D eigenvalue weighted by Gasteiger charge is 2.04. The van der Waals surface area contributed by atoms with E-state index in [9.17, 15) is 4.79 Å². The van der Waals surface area contributed by atoms with E-state index < -0.39 is 0 Å². The van der Waals surface area contributed by atoms with Crippen molar-refractivity contribution in [2.75, 3.05) is 5.88 Å². The Labute approximate surface area is 107 Å². The van der Waals surface area contributed by atoms with Crippen LogP contribution in [0.2, 0.25) is 0 Å². The van der Waals surface area contributed by atoms with Crippen LogP contribution in [-0.4, -0.2) is 16.6 Å². The van der Waals surface area contributed by atoms with Crippen molar-refractivity contribution in [3.63, 3.8) is 0 Å². The van der Waals surface area contributed by atoms with E-state index in [4.69, 9.17) is 11.6 Å². The Bertz CT molecular complexity index is 542. The predicted molar refractivity (Wildman–Crippen MR) is 68.9 cm³/mol. The molecule has 0 saturated carbocycles. The third-order valence-corrected chi connectivity index (χ3v) is 3.06. The molecule has 0 unspecified atom stereocenters. The lowest BCUT2D eigenvalue weighted by molar-refractivity contribution is -0.116. The number of Topliss-reactive ketones (excluding diaryl/α,β-unsaturated/α-hetero) is 1. The summed E-state index contributed by atoms with van der Waals surface area (Å²) < 4.78 is 1.01. The van der Waals surface area contributed by atoms with Gasteiger partial charge < -0.3 is 0 Å². The zero-order valence-corrected chi connectivity index (χ0v) is 10.8. The van der Waals surface area contributed by atoms with Gasteiger partial charge in [0.1, 0.15) is 0 Å². The lowest BCUT2D eigenvalue weighted by Gasteiger charge is -2.02. The van der Waals surface area contributed by atoms with Crippen LogP contribution < -0.4 is 0 Å². The van der Waals surface area contributed by atoms with Gasteiger partial charge in [0.15, 0.2) is 5.78 Å². The smallest absolute Gasteiger partial charge is 0.153 e. The largest absolute Gasteiger partial charge is 0.298 e. The van der Waals surface area contributed by atoms with E-state index >= 15 is 0 Å². The molecule has 0 fully saturated rings. The molecule has 0 amide bonds. The molecule has 0 radical (unpaired) electrons. The first-order valence-corrected chi connectivity index (χ1v) is 6.13. The van der Waals surface area contributed by atoms with Gasteiger partial charge in [-0.05, 0) is 23.6 Å². The second kappa shape index (κ2) is 4.93. The summed E-state index contributed by atoms with van der Waals surface area (Å²) in [5.41, 5.74) is 0.760. The van der Waals surface area contributed by atoms with Crippen LogP contribution in [0.1, 0.15) is 5.69 Å². The number of rotatable bonds is 3. The van der Waals surface area contributed by atoms with Crippen LogP contribution in [0, 0.1) is 0 Å². The number of hydrogen-bond donors (Lipinski definition) is 0. The molecule has 4 heteroatoms. The number of nitrogens with zero attached hydrogens (tertiary/aromatic N) is 1. The van der Waals surface area contributed by atoms with Crippen molar-refractivity contribution in [1.29, 1.82) is 0 Å². The summed E-state index contributed by atoms with van der Waals surface area (Å²) >= 11 is 8.87. The minimum absolute atomic E-state index is 0.0106. The predicted octanol–water partition coefficient (Wildman–Crippen LogP) is 3.35. The normalized spacial score (nSPS) is 10.6. The Hall–Kier alpha value is -0.930. The molecule has 0 N–H and O–H groups in total. The van der Waals surface area contributed by atoms with Gasteiger partial charge in [-0.15, -0.1) is 11.6 Å². The average molecular weight is 299 g/mol. The Balaban J connectivity index is 2.39. The Morgan fingerprint density at radius 2 is 2.12 bits per heavy atom. The highest BCUT2D eigenvalue weighted by molar-refractivity contribution is 9.10.